The molecular weight excluding hydrogens is 176 g/mol. The van der Waals surface area contributed by atoms with Crippen LogP contribution in [0.2, 0.25) is 0 Å². The van der Waals surface area contributed by atoms with E-state index in [-0.39, 0.29) is 0 Å². The van der Waals surface area contributed by atoms with Crippen molar-refractivity contribution >= 4 is 12.1 Å². The Morgan fingerprint density at radius 3 is 2.54 bits per heavy atom. The van der Waals surface area contributed by atoms with Crippen LogP contribution >= 0.6 is 0 Å². The van der Waals surface area contributed by atoms with Gasteiger partial charge in [0.05, 0.1) is 0 Å². The van der Waals surface area contributed by atoms with Gasteiger partial charge in [0.15, 0.2) is 0 Å². The van der Waals surface area contributed by atoms with Crippen LogP contribution in [-0.4, -0.2) is 43.3 Å². The fourth-order valence-electron chi connectivity index (χ4n) is 0.721. The van der Waals surface area contributed by atoms with E-state index in [0.29, 0.717) is 12.7 Å². The summed E-state index contributed by atoms with van der Waals surface area (Å²) in [4.78, 5) is 21.2. The number of methoxy groups -OCH3 is 1. The summed E-state index contributed by atoms with van der Waals surface area (Å²) < 4.78 is 9.60. The van der Waals surface area contributed by atoms with Crippen molar-refractivity contribution in [3.8, 4) is 0 Å². The molecule has 0 rings (SSSR count). The van der Waals surface area contributed by atoms with Gasteiger partial charge in [-0.3, -0.25) is 4.79 Å². The first-order valence-corrected chi connectivity index (χ1v) is 3.96. The minimum absolute atomic E-state index is 0.460. The van der Waals surface area contributed by atoms with Gasteiger partial charge in [0.1, 0.15) is 19.0 Å². The summed E-state index contributed by atoms with van der Waals surface area (Å²) in [6, 6.07) is 0. The van der Waals surface area contributed by atoms with E-state index >= 15 is 0 Å². The average molecular weight is 190 g/mol. The second-order valence-corrected chi connectivity index (χ2v) is 2.41. The Bertz CT molecular complexity index is 168. The third kappa shape index (κ3) is 4.12. The summed E-state index contributed by atoms with van der Waals surface area (Å²) in [7, 11) is 1.27. The molecule has 0 spiro atoms. The molecule has 0 saturated heterocycles. The zero-order valence-corrected chi connectivity index (χ0v) is 7.73. The smallest absolute Gasteiger partial charge is 0.220 e. The monoisotopic (exact) mass is 190 g/mol. The van der Waals surface area contributed by atoms with Crippen molar-refractivity contribution < 1.29 is 24.2 Å². The number of Topliss-reactive ketones (excluding diaryl/α,β-unsaturated/α-hetero) is 1. The summed E-state index contributed by atoms with van der Waals surface area (Å²) in [6.07, 6.45) is -0.765. The van der Waals surface area contributed by atoms with E-state index in [4.69, 9.17) is 9.84 Å². The van der Waals surface area contributed by atoms with Gasteiger partial charge in [0, 0.05) is 7.11 Å². The number of aliphatic hydroxyl groups is 1. The minimum atomic E-state index is -1.15. The number of aldehydes is 1. The normalized spacial score (nSPS) is 15.0. The van der Waals surface area contributed by atoms with Crippen LogP contribution in [0.25, 0.3) is 0 Å². The lowest BCUT2D eigenvalue weighted by atomic mass is 10.3. The molecule has 0 radical (unpaired) electrons. The maximum Gasteiger partial charge on any atom is 0.220 e. The van der Waals surface area contributed by atoms with E-state index in [9.17, 15) is 9.59 Å². The molecule has 0 heterocycles. The summed E-state index contributed by atoms with van der Waals surface area (Å²) in [5, 5.41) is 8.50. The molecular formula is C8H14O5. The van der Waals surface area contributed by atoms with E-state index in [1.54, 1.807) is 6.92 Å². The predicted molar refractivity (Wildman–Crippen MR) is 44.1 cm³/mol. The number of carbonyl (C=O) groups excluding carboxylic acids is 2. The van der Waals surface area contributed by atoms with Crippen molar-refractivity contribution in [1.82, 2.24) is 0 Å². The Kier molecular flexibility index (Phi) is 6.30. The molecule has 0 aromatic rings. The molecule has 1 N–H and O–H groups in total. The van der Waals surface area contributed by atoms with Gasteiger partial charge in [-0.25, -0.2) is 0 Å². The summed E-state index contributed by atoms with van der Waals surface area (Å²) >= 11 is 0. The van der Waals surface area contributed by atoms with Gasteiger partial charge >= 0.3 is 0 Å². The first-order valence-electron chi connectivity index (χ1n) is 3.96. The van der Waals surface area contributed by atoms with Crippen molar-refractivity contribution in [1.29, 1.82) is 0 Å². The Hall–Kier alpha value is -0.780. The number of rotatable bonds is 7. The molecule has 0 aromatic carbocycles. The highest BCUT2D eigenvalue weighted by atomic mass is 16.7. The van der Waals surface area contributed by atoms with E-state index in [1.165, 1.54) is 7.11 Å². The highest BCUT2D eigenvalue weighted by Crippen LogP contribution is 2.02. The highest BCUT2D eigenvalue weighted by Gasteiger charge is 2.20. The molecule has 0 aromatic heterocycles. The lowest BCUT2D eigenvalue weighted by Gasteiger charge is -2.17. The van der Waals surface area contributed by atoms with Crippen molar-refractivity contribution in [2.75, 3.05) is 13.7 Å². The van der Waals surface area contributed by atoms with Crippen molar-refractivity contribution in [3.63, 3.8) is 0 Å². The second kappa shape index (κ2) is 6.71. The number of carbonyl (C=O) groups is 2. The summed E-state index contributed by atoms with van der Waals surface area (Å²) in [6.45, 7) is 1.09. The molecule has 0 fully saturated rings. The molecule has 0 bridgehead atoms. The van der Waals surface area contributed by atoms with Gasteiger partial charge in [-0.1, -0.05) is 6.92 Å². The molecule has 5 heteroatoms. The van der Waals surface area contributed by atoms with Crippen LogP contribution < -0.4 is 0 Å². The first kappa shape index (κ1) is 12.2. The molecule has 76 valence electrons. The van der Waals surface area contributed by atoms with E-state index in [2.05, 4.69) is 4.74 Å². The number of hydrogen-bond acceptors (Lipinski definition) is 5. The zero-order valence-electron chi connectivity index (χ0n) is 7.73. The largest absolute Gasteiger partial charge is 0.388 e. The zero-order chi connectivity index (χ0) is 10.3. The molecule has 0 aliphatic carbocycles. The molecule has 5 nitrogen and oxygen atoms in total. The van der Waals surface area contributed by atoms with Crippen LogP contribution in [0.4, 0.5) is 0 Å². The number of ether oxygens (including phenoxy) is 2. The lowest BCUT2D eigenvalue weighted by molar-refractivity contribution is -0.178. The summed E-state index contributed by atoms with van der Waals surface area (Å²) in [5.41, 5.74) is 0. The van der Waals surface area contributed by atoms with Gasteiger partial charge in [0.25, 0.3) is 0 Å². The maximum absolute atomic E-state index is 10.9. The second-order valence-electron chi connectivity index (χ2n) is 2.41. The Labute approximate surface area is 76.6 Å². The van der Waals surface area contributed by atoms with E-state index in [0.717, 1.165) is 0 Å². The molecule has 0 aliphatic rings. The van der Waals surface area contributed by atoms with Crippen molar-refractivity contribution in [2.45, 2.75) is 25.7 Å². The molecule has 13 heavy (non-hydrogen) atoms. The molecule has 0 aliphatic heterocycles. The average Bonchev–Trinajstić information content (AvgIpc) is 2.19. The fraction of sp³-hybridized carbons (Fsp3) is 0.750. The first-order chi connectivity index (χ1) is 6.19. The van der Waals surface area contributed by atoms with E-state index in [1.807, 2.05) is 0 Å². The quantitative estimate of drug-likeness (QED) is 0.433. The highest BCUT2D eigenvalue weighted by molar-refractivity contribution is 5.83. The Morgan fingerprint density at radius 1 is 1.62 bits per heavy atom. The maximum atomic E-state index is 10.9. The van der Waals surface area contributed by atoms with Gasteiger partial charge in [-0.05, 0) is 6.42 Å². The van der Waals surface area contributed by atoms with Crippen LogP contribution in [-0.2, 0) is 19.1 Å². The Balaban J connectivity index is 4.09. The minimum Gasteiger partial charge on any atom is -0.388 e. The van der Waals surface area contributed by atoms with Crippen LogP contribution in [0.1, 0.15) is 13.3 Å². The van der Waals surface area contributed by atoms with Crippen LogP contribution in [0, 0.1) is 0 Å². The summed E-state index contributed by atoms with van der Waals surface area (Å²) in [5.74, 6) is -0.595. The topological polar surface area (TPSA) is 72.8 Å². The van der Waals surface area contributed by atoms with Gasteiger partial charge in [-0.2, -0.15) is 0 Å². The number of hydrogen-bond donors (Lipinski definition) is 1. The van der Waals surface area contributed by atoms with Crippen molar-refractivity contribution in [2.24, 2.45) is 0 Å². The third-order valence-electron chi connectivity index (χ3n) is 1.49. The standard InChI is InChI=1S/C8H14O5/c1-3-6(4-9)13-8(12-2)7(11)5-10/h4,6,8,10H,3,5H2,1-2H3/t6?,8-/m0/s1. The Morgan fingerprint density at radius 2 is 2.23 bits per heavy atom. The van der Waals surface area contributed by atoms with Crippen LogP contribution in [0.5, 0.6) is 0 Å². The van der Waals surface area contributed by atoms with Gasteiger partial charge < -0.3 is 19.4 Å². The molecule has 0 saturated carbocycles. The molecule has 2 atom stereocenters. The van der Waals surface area contributed by atoms with Gasteiger partial charge in [0.2, 0.25) is 12.1 Å². The van der Waals surface area contributed by atoms with Crippen LogP contribution in [0.3, 0.4) is 0 Å². The van der Waals surface area contributed by atoms with Crippen molar-refractivity contribution in [3.05, 3.63) is 0 Å². The third-order valence-corrected chi connectivity index (χ3v) is 1.49. The fourth-order valence-corrected chi connectivity index (χ4v) is 0.721. The van der Waals surface area contributed by atoms with Gasteiger partial charge in [-0.15, -0.1) is 0 Å². The predicted octanol–water partition coefficient (Wildman–Crippen LogP) is -0.486. The molecule has 0 amide bonds. The lowest BCUT2D eigenvalue weighted by Crippen LogP contribution is -2.33. The number of ketones is 1. The van der Waals surface area contributed by atoms with E-state index < -0.39 is 24.8 Å². The molecule has 1 unspecified atom stereocenters. The van der Waals surface area contributed by atoms with Crippen LogP contribution in [0.15, 0.2) is 0 Å². The number of aliphatic hydroxyl groups excluding tert-OH is 1. The SMILES string of the molecule is CCC(C=O)O[C@H](OC)C(=O)CO.